The van der Waals surface area contributed by atoms with E-state index in [1.807, 2.05) is 35.4 Å². The fourth-order valence-electron chi connectivity index (χ4n) is 4.29. The van der Waals surface area contributed by atoms with Crippen LogP contribution in [0.3, 0.4) is 0 Å². The summed E-state index contributed by atoms with van der Waals surface area (Å²) in [6.07, 6.45) is 6.35. The monoisotopic (exact) mass is 394 g/mol. The van der Waals surface area contributed by atoms with Crippen LogP contribution in [0.15, 0.2) is 30.5 Å². The third-order valence-electron chi connectivity index (χ3n) is 6.07. The van der Waals surface area contributed by atoms with Crippen molar-refractivity contribution in [3.8, 4) is 5.75 Å². The van der Waals surface area contributed by atoms with E-state index in [4.69, 9.17) is 9.72 Å². The van der Waals surface area contributed by atoms with Crippen molar-refractivity contribution >= 4 is 5.91 Å². The van der Waals surface area contributed by atoms with Crippen LogP contribution in [0.25, 0.3) is 0 Å². The van der Waals surface area contributed by atoms with Gasteiger partial charge in [0.25, 0.3) is 0 Å². The summed E-state index contributed by atoms with van der Waals surface area (Å²) in [7, 11) is 3.80. The predicted octanol–water partition coefficient (Wildman–Crippen LogP) is 2.81. The summed E-state index contributed by atoms with van der Waals surface area (Å²) in [6, 6.07) is 7.96. The first-order valence-corrected chi connectivity index (χ1v) is 10.6. The second-order valence-corrected chi connectivity index (χ2v) is 8.21. The number of likely N-dealkylation sites (tertiary alicyclic amines) is 1. The van der Waals surface area contributed by atoms with E-state index in [1.54, 1.807) is 7.11 Å². The number of hydrogen-bond donors (Lipinski definition) is 0. The molecule has 1 atom stereocenters. The molecule has 3 heterocycles. The van der Waals surface area contributed by atoms with E-state index in [2.05, 4.69) is 16.9 Å². The molecule has 0 aliphatic carbocycles. The van der Waals surface area contributed by atoms with Gasteiger partial charge in [-0.2, -0.15) is 0 Å². The van der Waals surface area contributed by atoms with Crippen LogP contribution in [0.2, 0.25) is 0 Å². The van der Waals surface area contributed by atoms with Crippen LogP contribution in [0.4, 0.5) is 0 Å². The molecule has 1 saturated heterocycles. The van der Waals surface area contributed by atoms with Gasteiger partial charge in [-0.15, -0.1) is 0 Å². The molecule has 29 heavy (non-hydrogen) atoms. The fraction of sp³-hybridized carbons (Fsp3) is 0.522. The van der Waals surface area contributed by atoms with Crippen molar-refractivity contribution in [2.75, 3.05) is 33.8 Å². The molecule has 2 aromatic rings. The van der Waals surface area contributed by atoms with E-state index in [0.717, 1.165) is 69.0 Å². The quantitative estimate of drug-likeness (QED) is 0.781. The Balaban J connectivity index is 1.35. The number of ether oxygens (including phenoxy) is 1. The van der Waals surface area contributed by atoms with Crippen molar-refractivity contribution in [3.63, 3.8) is 0 Å². The molecule has 6 heteroatoms. The first-order valence-electron chi connectivity index (χ1n) is 10.6. The molecule has 0 spiro atoms. The van der Waals surface area contributed by atoms with Gasteiger partial charge in [0.05, 0.1) is 7.11 Å². The lowest BCUT2D eigenvalue weighted by Crippen LogP contribution is -2.39. The topological polar surface area (TPSA) is 58.6 Å². The largest absolute Gasteiger partial charge is 0.497 e. The third-order valence-corrected chi connectivity index (χ3v) is 6.07. The second-order valence-electron chi connectivity index (χ2n) is 8.21. The highest BCUT2D eigenvalue weighted by atomic mass is 16.5. The number of aryl methyl sites for hydroxylation is 1. The Morgan fingerprint density at radius 2 is 2.07 bits per heavy atom. The van der Waals surface area contributed by atoms with Gasteiger partial charge in [0.2, 0.25) is 5.91 Å². The zero-order valence-corrected chi connectivity index (χ0v) is 17.4. The molecular formula is C23H30N4O2. The van der Waals surface area contributed by atoms with Crippen molar-refractivity contribution < 1.29 is 9.53 Å². The average molecular weight is 395 g/mol. The van der Waals surface area contributed by atoms with Gasteiger partial charge in [-0.3, -0.25) is 4.79 Å². The number of rotatable bonds is 5. The maximum absolute atomic E-state index is 12.8. The first kappa shape index (κ1) is 19.8. The van der Waals surface area contributed by atoms with Gasteiger partial charge >= 0.3 is 0 Å². The Hall–Kier alpha value is -2.47. The Morgan fingerprint density at radius 1 is 1.24 bits per heavy atom. The molecule has 1 unspecified atom stereocenters. The van der Waals surface area contributed by atoms with Gasteiger partial charge in [-0.1, -0.05) is 12.1 Å². The summed E-state index contributed by atoms with van der Waals surface area (Å²) in [5, 5.41) is 0. The highest BCUT2D eigenvalue weighted by Gasteiger charge is 2.27. The minimum atomic E-state index is 0.227. The minimum Gasteiger partial charge on any atom is -0.497 e. The molecule has 154 valence electrons. The highest BCUT2D eigenvalue weighted by molar-refractivity contribution is 5.76. The molecular weight excluding hydrogens is 364 g/mol. The molecule has 6 nitrogen and oxygen atoms in total. The number of hydrogen-bond acceptors (Lipinski definition) is 5. The van der Waals surface area contributed by atoms with Gasteiger partial charge in [0, 0.05) is 62.4 Å². The molecule has 0 bridgehead atoms. The van der Waals surface area contributed by atoms with E-state index in [9.17, 15) is 4.79 Å². The highest BCUT2D eigenvalue weighted by Crippen LogP contribution is 2.26. The number of fused-ring (bicyclic) bond motifs is 1. The lowest BCUT2D eigenvalue weighted by molar-refractivity contribution is -0.132. The van der Waals surface area contributed by atoms with Crippen LogP contribution in [-0.4, -0.2) is 59.5 Å². The zero-order valence-electron chi connectivity index (χ0n) is 17.4. The van der Waals surface area contributed by atoms with Crippen LogP contribution in [-0.2, 0) is 24.2 Å². The van der Waals surface area contributed by atoms with Crippen LogP contribution in [0, 0.1) is 0 Å². The van der Waals surface area contributed by atoms with Crippen LogP contribution >= 0.6 is 0 Å². The predicted molar refractivity (Wildman–Crippen MR) is 112 cm³/mol. The van der Waals surface area contributed by atoms with Crippen LogP contribution in [0.5, 0.6) is 5.75 Å². The number of likely N-dealkylation sites (N-methyl/N-ethyl adjacent to an activating group) is 1. The molecule has 4 rings (SSSR count). The summed E-state index contributed by atoms with van der Waals surface area (Å²) >= 11 is 0. The normalized spacial score (nSPS) is 19.7. The van der Waals surface area contributed by atoms with Crippen molar-refractivity contribution in [2.45, 2.75) is 44.6 Å². The molecule has 1 aromatic heterocycles. The third kappa shape index (κ3) is 4.75. The van der Waals surface area contributed by atoms with E-state index >= 15 is 0 Å². The molecule has 0 radical (unpaired) electrons. The van der Waals surface area contributed by atoms with E-state index in [1.165, 1.54) is 11.3 Å². The smallest absolute Gasteiger partial charge is 0.222 e. The summed E-state index contributed by atoms with van der Waals surface area (Å²) in [5.74, 6) is 2.24. The van der Waals surface area contributed by atoms with Crippen molar-refractivity contribution in [1.29, 1.82) is 0 Å². The first-order chi connectivity index (χ1) is 14.1. The van der Waals surface area contributed by atoms with Crippen LogP contribution in [0.1, 0.15) is 47.8 Å². The van der Waals surface area contributed by atoms with Gasteiger partial charge in [-0.05, 0) is 44.0 Å². The SMILES string of the molecule is COc1ccc(CCC(=O)N2CCCC(c3ncc4c(n3)CCN(C)C4)C2)cc1. The minimum absolute atomic E-state index is 0.227. The summed E-state index contributed by atoms with van der Waals surface area (Å²) < 4.78 is 5.19. The van der Waals surface area contributed by atoms with Gasteiger partial charge in [-0.25, -0.2) is 9.97 Å². The van der Waals surface area contributed by atoms with Crippen molar-refractivity contribution in [2.24, 2.45) is 0 Å². The number of nitrogens with zero attached hydrogens (tertiary/aromatic N) is 4. The number of carbonyl (C=O) groups is 1. The summed E-state index contributed by atoms with van der Waals surface area (Å²) in [6.45, 7) is 3.55. The fourth-order valence-corrected chi connectivity index (χ4v) is 4.29. The Kier molecular flexibility index (Phi) is 6.09. The van der Waals surface area contributed by atoms with Crippen LogP contribution < -0.4 is 4.74 Å². The van der Waals surface area contributed by atoms with Gasteiger partial charge < -0.3 is 14.5 Å². The molecule has 2 aliphatic heterocycles. The van der Waals surface area contributed by atoms with Gasteiger partial charge in [0.1, 0.15) is 11.6 Å². The molecule has 1 amide bonds. The van der Waals surface area contributed by atoms with E-state index in [0.29, 0.717) is 6.42 Å². The lowest BCUT2D eigenvalue weighted by atomic mass is 9.96. The standard InChI is InChI=1S/C23H30N4O2/c1-26-13-11-21-19(15-26)14-24-23(25-21)18-4-3-12-27(16-18)22(28)10-7-17-5-8-20(29-2)9-6-17/h5-6,8-9,14,18H,3-4,7,10-13,15-16H2,1-2H3. The summed E-state index contributed by atoms with van der Waals surface area (Å²) in [5.41, 5.74) is 3.59. The maximum Gasteiger partial charge on any atom is 0.222 e. The molecule has 0 saturated carbocycles. The number of piperidine rings is 1. The molecule has 1 fully saturated rings. The lowest BCUT2D eigenvalue weighted by Gasteiger charge is -2.33. The van der Waals surface area contributed by atoms with E-state index in [-0.39, 0.29) is 11.8 Å². The second kappa shape index (κ2) is 8.91. The number of amides is 1. The Morgan fingerprint density at radius 3 is 2.86 bits per heavy atom. The number of methoxy groups -OCH3 is 1. The Bertz CT molecular complexity index is 852. The summed E-state index contributed by atoms with van der Waals surface area (Å²) in [4.78, 5) is 26.7. The van der Waals surface area contributed by atoms with Gasteiger partial charge in [0.15, 0.2) is 0 Å². The number of benzene rings is 1. The molecule has 2 aliphatic rings. The molecule has 1 aromatic carbocycles. The number of aromatic nitrogens is 2. The zero-order chi connectivity index (χ0) is 20.2. The van der Waals surface area contributed by atoms with Crippen molar-refractivity contribution in [1.82, 2.24) is 19.8 Å². The van der Waals surface area contributed by atoms with E-state index < -0.39 is 0 Å². The maximum atomic E-state index is 12.8. The van der Waals surface area contributed by atoms with Crippen molar-refractivity contribution in [3.05, 3.63) is 53.1 Å². The number of carbonyl (C=O) groups excluding carboxylic acids is 1. The molecule has 0 N–H and O–H groups in total. The Labute approximate surface area is 172 Å². The average Bonchev–Trinajstić information content (AvgIpc) is 2.77.